The van der Waals surface area contributed by atoms with E-state index >= 15 is 0 Å². The van der Waals surface area contributed by atoms with Gasteiger partial charge in [0.1, 0.15) is 12.1 Å². The number of piperazine rings is 1. The first-order chi connectivity index (χ1) is 29.3. The van der Waals surface area contributed by atoms with E-state index in [1.165, 1.54) is 16.0 Å². The zero-order valence-electron chi connectivity index (χ0n) is 34.3. The zero-order valence-corrected chi connectivity index (χ0v) is 37.3. The molecule has 0 aromatic heterocycles. The van der Waals surface area contributed by atoms with Crippen molar-refractivity contribution in [1.82, 2.24) is 20.0 Å². The summed E-state index contributed by atoms with van der Waals surface area (Å²) in [6.45, 7) is 3.69. The SMILES string of the molecule is CCC1C(=O)N(CCc2ccc(Cl)cc2Cl)CC(=O)N1CCC(c1ccccc1)c1ccccc1.NCCCCC(NC(=O)CN(C=O)CCc1ccc(Cl)cc1Cl)C(N)=O. The molecule has 1 aliphatic heterocycles. The van der Waals surface area contributed by atoms with Crippen molar-refractivity contribution in [2.24, 2.45) is 11.5 Å². The molecule has 11 nitrogen and oxygen atoms in total. The lowest BCUT2D eigenvalue weighted by Crippen LogP contribution is -2.60. The lowest BCUT2D eigenvalue weighted by Gasteiger charge is -2.40. The summed E-state index contributed by atoms with van der Waals surface area (Å²) in [6, 6.07) is 30.0. The molecule has 5 amide bonds. The molecule has 0 saturated carbocycles. The first kappa shape index (κ1) is 49.0. The summed E-state index contributed by atoms with van der Waals surface area (Å²) in [7, 11) is 0. The molecule has 1 fully saturated rings. The van der Waals surface area contributed by atoms with E-state index < -0.39 is 23.9 Å². The molecular formula is C46H54Cl4N6O5. The smallest absolute Gasteiger partial charge is 0.245 e. The van der Waals surface area contributed by atoms with Gasteiger partial charge in [-0.15, -0.1) is 0 Å². The van der Waals surface area contributed by atoms with Gasteiger partial charge < -0.3 is 31.5 Å². The molecule has 0 bridgehead atoms. The van der Waals surface area contributed by atoms with Crippen LogP contribution in [0.15, 0.2) is 97.1 Å². The van der Waals surface area contributed by atoms with Crippen LogP contribution in [0.3, 0.4) is 0 Å². The largest absolute Gasteiger partial charge is 0.368 e. The minimum atomic E-state index is -0.770. The topological polar surface area (TPSA) is 159 Å². The molecule has 0 radical (unpaired) electrons. The van der Waals surface area contributed by atoms with Crippen molar-refractivity contribution in [1.29, 1.82) is 0 Å². The molecule has 2 unspecified atom stereocenters. The van der Waals surface area contributed by atoms with Crippen LogP contribution >= 0.6 is 46.4 Å². The van der Waals surface area contributed by atoms with Crippen LogP contribution in [0, 0.1) is 0 Å². The van der Waals surface area contributed by atoms with Crippen LogP contribution in [0.1, 0.15) is 67.2 Å². The first-order valence-corrected chi connectivity index (χ1v) is 21.9. The predicted molar refractivity (Wildman–Crippen MR) is 244 cm³/mol. The fraction of sp³-hybridized carbons (Fsp3) is 0.370. The maximum absolute atomic E-state index is 13.3. The van der Waals surface area contributed by atoms with Gasteiger partial charge >= 0.3 is 0 Å². The maximum Gasteiger partial charge on any atom is 0.245 e. The summed E-state index contributed by atoms with van der Waals surface area (Å²) in [5, 5.41) is 4.74. The summed E-state index contributed by atoms with van der Waals surface area (Å²) < 4.78 is 0. The second-order valence-corrected chi connectivity index (χ2v) is 16.5. The Labute approximate surface area is 378 Å². The minimum absolute atomic E-state index is 0.00136. The van der Waals surface area contributed by atoms with Gasteiger partial charge in [0.2, 0.25) is 30.0 Å². The average Bonchev–Trinajstić information content (AvgIpc) is 3.24. The third-order valence-corrected chi connectivity index (χ3v) is 11.7. The molecule has 1 saturated heterocycles. The summed E-state index contributed by atoms with van der Waals surface area (Å²) in [5.74, 6) is -0.897. The van der Waals surface area contributed by atoms with E-state index in [9.17, 15) is 24.0 Å². The number of nitrogens with two attached hydrogens (primary N) is 2. The first-order valence-electron chi connectivity index (χ1n) is 20.4. The minimum Gasteiger partial charge on any atom is -0.368 e. The van der Waals surface area contributed by atoms with Crippen molar-refractivity contribution < 1.29 is 24.0 Å². The number of rotatable bonds is 21. The van der Waals surface area contributed by atoms with E-state index in [1.54, 1.807) is 40.1 Å². The third kappa shape index (κ3) is 15.3. The molecule has 4 aromatic rings. The number of benzene rings is 4. The van der Waals surface area contributed by atoms with Crippen LogP contribution in [0.4, 0.5) is 0 Å². The number of hydrogen-bond acceptors (Lipinski definition) is 6. The number of carbonyl (C=O) groups is 5. The number of nitrogens with zero attached hydrogens (tertiary/aromatic N) is 3. The Hall–Kier alpha value is -4.65. The van der Waals surface area contributed by atoms with Gasteiger partial charge in [-0.05, 0) is 98.0 Å². The molecule has 2 atom stereocenters. The number of amides is 5. The van der Waals surface area contributed by atoms with Crippen LogP contribution in [0.2, 0.25) is 20.1 Å². The molecule has 0 spiro atoms. The van der Waals surface area contributed by atoms with E-state index in [-0.39, 0.29) is 30.8 Å². The van der Waals surface area contributed by atoms with Crippen molar-refractivity contribution >= 4 is 76.4 Å². The number of carbonyl (C=O) groups excluding carboxylic acids is 5. The molecule has 1 heterocycles. The monoisotopic (exact) mass is 910 g/mol. The normalized spacial score (nSPS) is 14.3. The molecule has 61 heavy (non-hydrogen) atoms. The van der Waals surface area contributed by atoms with Gasteiger partial charge in [-0.3, -0.25) is 24.0 Å². The Bertz CT molecular complexity index is 2020. The Morgan fingerprint density at radius 2 is 1.39 bits per heavy atom. The molecule has 326 valence electrons. The maximum atomic E-state index is 13.3. The van der Waals surface area contributed by atoms with E-state index in [0.717, 1.165) is 24.0 Å². The van der Waals surface area contributed by atoms with Crippen molar-refractivity contribution in [2.75, 3.05) is 39.3 Å². The molecule has 15 heteroatoms. The summed E-state index contributed by atoms with van der Waals surface area (Å²) in [6.07, 6.45) is 4.80. The highest BCUT2D eigenvalue weighted by Gasteiger charge is 2.38. The van der Waals surface area contributed by atoms with E-state index in [2.05, 4.69) is 29.6 Å². The van der Waals surface area contributed by atoms with Crippen LogP contribution in [-0.4, -0.2) is 96.1 Å². The molecular weight excluding hydrogens is 858 g/mol. The molecule has 5 rings (SSSR count). The van der Waals surface area contributed by atoms with Gasteiger partial charge in [-0.2, -0.15) is 0 Å². The highest BCUT2D eigenvalue weighted by atomic mass is 35.5. The van der Waals surface area contributed by atoms with E-state index in [0.29, 0.717) is 84.8 Å². The molecule has 5 N–H and O–H groups in total. The highest BCUT2D eigenvalue weighted by Crippen LogP contribution is 2.30. The second kappa shape index (κ2) is 25.3. The second-order valence-electron chi connectivity index (χ2n) is 14.8. The lowest BCUT2D eigenvalue weighted by molar-refractivity contribution is -0.156. The van der Waals surface area contributed by atoms with Crippen molar-refractivity contribution in [2.45, 2.75) is 69.9 Å². The Morgan fingerprint density at radius 1 is 0.820 bits per heavy atom. The number of primary amides is 1. The fourth-order valence-electron chi connectivity index (χ4n) is 7.22. The fourth-order valence-corrected chi connectivity index (χ4v) is 8.23. The quantitative estimate of drug-likeness (QED) is 0.0588. The molecule has 1 aliphatic rings. The van der Waals surface area contributed by atoms with Crippen LogP contribution in [-0.2, 0) is 36.8 Å². The Morgan fingerprint density at radius 3 is 1.90 bits per heavy atom. The molecule has 4 aromatic carbocycles. The highest BCUT2D eigenvalue weighted by molar-refractivity contribution is 6.35. The van der Waals surface area contributed by atoms with Crippen molar-refractivity contribution in [3.8, 4) is 0 Å². The summed E-state index contributed by atoms with van der Waals surface area (Å²) in [5.41, 5.74) is 14.9. The van der Waals surface area contributed by atoms with Crippen LogP contribution in [0.5, 0.6) is 0 Å². The average molecular weight is 913 g/mol. The number of unbranched alkanes of at least 4 members (excludes halogenated alkanes) is 1. The van der Waals surface area contributed by atoms with Gasteiger partial charge in [0.15, 0.2) is 0 Å². The van der Waals surface area contributed by atoms with Gasteiger partial charge in [0.05, 0.1) is 13.1 Å². The number of nitrogens with one attached hydrogen (secondary N) is 1. The zero-order chi connectivity index (χ0) is 44.3. The Kier molecular flexibility index (Phi) is 20.3. The van der Waals surface area contributed by atoms with Crippen LogP contribution in [0.25, 0.3) is 0 Å². The lowest BCUT2D eigenvalue weighted by atomic mass is 9.88. The van der Waals surface area contributed by atoms with Gasteiger partial charge in [-0.25, -0.2) is 0 Å². The summed E-state index contributed by atoms with van der Waals surface area (Å²) in [4.78, 5) is 66.1. The van der Waals surface area contributed by atoms with Gasteiger partial charge in [-0.1, -0.05) is 126 Å². The van der Waals surface area contributed by atoms with E-state index in [1.807, 2.05) is 49.4 Å². The van der Waals surface area contributed by atoms with Crippen molar-refractivity contribution in [3.05, 3.63) is 139 Å². The number of halogens is 4. The van der Waals surface area contributed by atoms with Gasteiger partial charge in [0, 0.05) is 45.6 Å². The predicted octanol–water partition coefficient (Wildman–Crippen LogP) is 7.30. The van der Waals surface area contributed by atoms with Gasteiger partial charge in [0.25, 0.3) is 0 Å². The molecule has 0 aliphatic carbocycles. The number of hydrogen-bond donors (Lipinski definition) is 3. The van der Waals surface area contributed by atoms with Crippen molar-refractivity contribution in [3.63, 3.8) is 0 Å². The standard InChI is InChI=1S/C29H30Cl2N2O2.C17H24Cl2N4O3/c1-2-27-29(35)32(17-15-23-13-14-24(30)19-26(23)31)20-28(34)33(27)18-16-25(21-9-5-3-6-10-21)22-11-7-4-8-12-22;18-13-5-4-12(14(19)9-13)6-8-23(11-24)10-16(25)22-15(17(21)26)3-1-2-7-20/h3-14,19,25,27H,2,15-18,20H2,1H3;4-5,9,11,15H,1-3,6-8,10,20H2,(H2,21,26)(H,22,25). The van der Waals surface area contributed by atoms with E-state index in [4.69, 9.17) is 57.9 Å². The summed E-state index contributed by atoms with van der Waals surface area (Å²) >= 11 is 24.2. The Balaban J connectivity index is 0.000000282. The van der Waals surface area contributed by atoms with Crippen LogP contribution < -0.4 is 16.8 Å². The third-order valence-electron chi connectivity index (χ3n) is 10.5.